The Hall–Kier alpha value is -0.260. The summed E-state index contributed by atoms with van der Waals surface area (Å²) < 4.78 is 0. The third kappa shape index (κ3) is 3.86. The topological polar surface area (TPSA) is 46.0 Å². The van der Waals surface area contributed by atoms with E-state index in [4.69, 9.17) is 5.11 Å². The van der Waals surface area contributed by atoms with Crippen LogP contribution in [0.4, 0.5) is 0 Å². The van der Waals surface area contributed by atoms with E-state index in [0.717, 1.165) is 16.5 Å². The number of hydrogen-bond acceptors (Lipinski definition) is 5. The molecule has 0 aliphatic rings. The van der Waals surface area contributed by atoms with Crippen molar-refractivity contribution in [3.05, 3.63) is 12.4 Å². The standard InChI is InChI=1S/C9H14N2OS2/c1-7(3-4-12)14-9-5-8(13-2)10-6-11-9/h5-7,12H,3-4H2,1-2H3. The van der Waals surface area contributed by atoms with Crippen LogP contribution in [0.2, 0.25) is 0 Å². The molecule has 0 fully saturated rings. The average molecular weight is 230 g/mol. The van der Waals surface area contributed by atoms with Crippen molar-refractivity contribution in [2.45, 2.75) is 28.6 Å². The third-order valence-electron chi connectivity index (χ3n) is 1.68. The fraction of sp³-hybridized carbons (Fsp3) is 0.556. The maximum absolute atomic E-state index is 8.77. The van der Waals surface area contributed by atoms with Gasteiger partial charge in [0, 0.05) is 17.9 Å². The highest BCUT2D eigenvalue weighted by atomic mass is 32.2. The van der Waals surface area contributed by atoms with Gasteiger partial charge in [0.2, 0.25) is 0 Å². The van der Waals surface area contributed by atoms with Gasteiger partial charge >= 0.3 is 0 Å². The van der Waals surface area contributed by atoms with E-state index in [0.29, 0.717) is 5.25 Å². The number of rotatable bonds is 5. The second kappa shape index (κ2) is 6.27. The van der Waals surface area contributed by atoms with Crippen molar-refractivity contribution < 1.29 is 5.11 Å². The van der Waals surface area contributed by atoms with Crippen LogP contribution in [0.1, 0.15) is 13.3 Å². The number of aliphatic hydroxyl groups is 1. The van der Waals surface area contributed by atoms with E-state index in [2.05, 4.69) is 16.9 Å². The van der Waals surface area contributed by atoms with Crippen molar-refractivity contribution in [1.82, 2.24) is 9.97 Å². The largest absolute Gasteiger partial charge is 0.396 e. The zero-order chi connectivity index (χ0) is 10.4. The molecule has 0 bridgehead atoms. The molecule has 1 atom stereocenters. The summed E-state index contributed by atoms with van der Waals surface area (Å²) in [6.45, 7) is 2.32. The highest BCUT2D eigenvalue weighted by Gasteiger charge is 2.05. The van der Waals surface area contributed by atoms with Crippen LogP contribution >= 0.6 is 23.5 Å². The average Bonchev–Trinajstić information content (AvgIpc) is 2.18. The van der Waals surface area contributed by atoms with Crippen LogP contribution in [0.5, 0.6) is 0 Å². The molecular weight excluding hydrogens is 216 g/mol. The van der Waals surface area contributed by atoms with Crippen molar-refractivity contribution in [2.75, 3.05) is 12.9 Å². The maximum Gasteiger partial charge on any atom is 0.117 e. The molecule has 1 unspecified atom stereocenters. The molecule has 0 saturated heterocycles. The summed E-state index contributed by atoms with van der Waals surface area (Å²) in [6.07, 6.45) is 4.37. The van der Waals surface area contributed by atoms with Crippen LogP contribution in [-0.2, 0) is 0 Å². The van der Waals surface area contributed by atoms with Gasteiger partial charge in [-0.2, -0.15) is 0 Å². The van der Waals surface area contributed by atoms with Gasteiger partial charge in [-0.3, -0.25) is 0 Å². The predicted octanol–water partition coefficient (Wildman–Crippen LogP) is 2.06. The number of aliphatic hydroxyl groups excluding tert-OH is 1. The monoisotopic (exact) mass is 230 g/mol. The Bertz CT molecular complexity index is 283. The number of hydrogen-bond donors (Lipinski definition) is 1. The van der Waals surface area contributed by atoms with Gasteiger partial charge in [-0.25, -0.2) is 9.97 Å². The lowest BCUT2D eigenvalue weighted by atomic mass is 10.3. The second-order valence-corrected chi connectivity index (χ2v) is 5.12. The highest BCUT2D eigenvalue weighted by Crippen LogP contribution is 2.24. The van der Waals surface area contributed by atoms with Gasteiger partial charge in [0.1, 0.15) is 16.4 Å². The van der Waals surface area contributed by atoms with E-state index in [-0.39, 0.29) is 6.61 Å². The lowest BCUT2D eigenvalue weighted by molar-refractivity contribution is 0.289. The lowest BCUT2D eigenvalue weighted by Gasteiger charge is -2.08. The Labute approximate surface area is 92.7 Å². The molecule has 0 aliphatic carbocycles. The normalized spacial score (nSPS) is 12.8. The van der Waals surface area contributed by atoms with Crippen LogP contribution in [0.3, 0.4) is 0 Å². The summed E-state index contributed by atoms with van der Waals surface area (Å²) in [5.74, 6) is 0. The Morgan fingerprint density at radius 3 is 2.79 bits per heavy atom. The van der Waals surface area contributed by atoms with Crippen LogP contribution in [0, 0.1) is 0 Å². The Morgan fingerprint density at radius 1 is 1.43 bits per heavy atom. The minimum absolute atomic E-state index is 0.231. The molecule has 5 heteroatoms. The highest BCUT2D eigenvalue weighted by molar-refractivity contribution is 8.00. The summed E-state index contributed by atoms with van der Waals surface area (Å²) in [6, 6.07) is 1.98. The molecule has 78 valence electrons. The summed E-state index contributed by atoms with van der Waals surface area (Å²) in [7, 11) is 0. The fourth-order valence-corrected chi connectivity index (χ4v) is 2.33. The van der Waals surface area contributed by atoms with Crippen molar-refractivity contribution in [2.24, 2.45) is 0 Å². The molecule has 1 rings (SSSR count). The second-order valence-electron chi connectivity index (χ2n) is 2.84. The van der Waals surface area contributed by atoms with E-state index < -0.39 is 0 Å². The van der Waals surface area contributed by atoms with Gasteiger partial charge in [-0.1, -0.05) is 6.92 Å². The molecule has 0 aliphatic heterocycles. The van der Waals surface area contributed by atoms with E-state index in [1.165, 1.54) is 0 Å². The van der Waals surface area contributed by atoms with Gasteiger partial charge in [-0.15, -0.1) is 23.5 Å². The molecule has 14 heavy (non-hydrogen) atoms. The number of thioether (sulfide) groups is 2. The summed E-state index contributed by atoms with van der Waals surface area (Å²) >= 11 is 3.28. The minimum Gasteiger partial charge on any atom is -0.396 e. The zero-order valence-corrected chi connectivity index (χ0v) is 9.94. The summed E-state index contributed by atoms with van der Waals surface area (Å²) in [5.41, 5.74) is 0. The van der Waals surface area contributed by atoms with Gasteiger partial charge < -0.3 is 5.11 Å². The number of aromatic nitrogens is 2. The van der Waals surface area contributed by atoms with Gasteiger partial charge in [0.25, 0.3) is 0 Å². The lowest BCUT2D eigenvalue weighted by Crippen LogP contribution is -2.00. The van der Waals surface area contributed by atoms with E-state index in [9.17, 15) is 0 Å². The van der Waals surface area contributed by atoms with Crippen LogP contribution in [0.25, 0.3) is 0 Å². The van der Waals surface area contributed by atoms with Gasteiger partial charge in [-0.05, 0) is 12.7 Å². The fourth-order valence-electron chi connectivity index (χ4n) is 0.946. The molecule has 0 amide bonds. The predicted molar refractivity (Wildman–Crippen MR) is 60.8 cm³/mol. The molecule has 0 radical (unpaired) electrons. The van der Waals surface area contributed by atoms with E-state index in [1.54, 1.807) is 29.9 Å². The van der Waals surface area contributed by atoms with Crippen molar-refractivity contribution >= 4 is 23.5 Å². The van der Waals surface area contributed by atoms with Gasteiger partial charge in [0.05, 0.1) is 0 Å². The minimum atomic E-state index is 0.231. The Kier molecular flexibility index (Phi) is 5.29. The first-order valence-corrected chi connectivity index (χ1v) is 6.50. The SMILES string of the molecule is CSc1cc(SC(C)CCO)ncn1. The summed E-state index contributed by atoms with van der Waals surface area (Å²) in [4.78, 5) is 8.27. The molecule has 0 saturated carbocycles. The quantitative estimate of drug-likeness (QED) is 0.619. The zero-order valence-electron chi connectivity index (χ0n) is 8.30. The number of nitrogens with zero attached hydrogens (tertiary/aromatic N) is 2. The third-order valence-corrected chi connectivity index (χ3v) is 3.43. The summed E-state index contributed by atoms with van der Waals surface area (Å²) in [5, 5.41) is 11.1. The van der Waals surface area contributed by atoms with Crippen LogP contribution < -0.4 is 0 Å². The molecule has 1 heterocycles. The molecule has 3 nitrogen and oxygen atoms in total. The molecular formula is C9H14N2OS2. The molecule has 1 aromatic heterocycles. The Balaban J connectivity index is 2.57. The molecule has 0 spiro atoms. The molecule has 0 aromatic carbocycles. The first-order chi connectivity index (χ1) is 6.76. The Morgan fingerprint density at radius 2 is 2.14 bits per heavy atom. The van der Waals surface area contributed by atoms with Crippen LogP contribution in [-0.4, -0.2) is 33.2 Å². The molecule has 1 aromatic rings. The van der Waals surface area contributed by atoms with E-state index in [1.807, 2.05) is 12.3 Å². The van der Waals surface area contributed by atoms with Crippen molar-refractivity contribution in [1.29, 1.82) is 0 Å². The maximum atomic E-state index is 8.77. The first-order valence-electron chi connectivity index (χ1n) is 4.39. The molecule has 1 N–H and O–H groups in total. The first kappa shape index (κ1) is 11.8. The van der Waals surface area contributed by atoms with E-state index >= 15 is 0 Å². The van der Waals surface area contributed by atoms with Crippen molar-refractivity contribution in [3.8, 4) is 0 Å². The smallest absolute Gasteiger partial charge is 0.117 e. The van der Waals surface area contributed by atoms with Gasteiger partial charge in [0.15, 0.2) is 0 Å². The van der Waals surface area contributed by atoms with Crippen molar-refractivity contribution in [3.63, 3.8) is 0 Å². The van der Waals surface area contributed by atoms with Crippen LogP contribution in [0.15, 0.2) is 22.4 Å².